The van der Waals surface area contributed by atoms with Gasteiger partial charge in [0, 0.05) is 6.54 Å². The number of ketones is 1. The predicted octanol–water partition coefficient (Wildman–Crippen LogP) is 1.76. The fraction of sp³-hybridized carbons (Fsp3) is 0.455. The molecule has 1 heterocycles. The quantitative estimate of drug-likeness (QED) is 0.813. The highest BCUT2D eigenvalue weighted by Crippen LogP contribution is 2.22. The van der Waals surface area contributed by atoms with E-state index in [2.05, 4.69) is 21.2 Å². The molecular weight excluding hydrogens is 304 g/mol. The topological polar surface area (TPSA) is 49.4 Å². The number of rotatable bonds is 6. The van der Waals surface area contributed by atoms with Crippen LogP contribution in [-0.4, -0.2) is 43.3 Å². The van der Waals surface area contributed by atoms with E-state index in [9.17, 15) is 9.59 Å². The highest BCUT2D eigenvalue weighted by Gasteiger charge is 2.13. The second kappa shape index (κ2) is 6.88. The Hall–Kier alpha value is -0.720. The zero-order chi connectivity index (χ0) is 12.8. The van der Waals surface area contributed by atoms with E-state index in [1.165, 1.54) is 11.3 Å². The number of carbonyl (C=O) groups excluding carboxylic acids is 2. The van der Waals surface area contributed by atoms with E-state index in [-0.39, 0.29) is 24.8 Å². The second-order valence-electron chi connectivity index (χ2n) is 3.65. The Labute approximate surface area is 113 Å². The summed E-state index contributed by atoms with van der Waals surface area (Å²) in [4.78, 5) is 25.5. The molecule has 1 amide bonds. The molecule has 1 N–H and O–H groups in total. The fourth-order valence-corrected chi connectivity index (χ4v) is 2.66. The Morgan fingerprint density at radius 1 is 1.41 bits per heavy atom. The van der Waals surface area contributed by atoms with Crippen LogP contribution in [0.3, 0.4) is 0 Å². The molecule has 0 atom stereocenters. The number of amides is 1. The highest BCUT2D eigenvalue weighted by atomic mass is 79.9. The first kappa shape index (κ1) is 14.3. The molecule has 1 rings (SSSR count). The van der Waals surface area contributed by atoms with Crippen molar-refractivity contribution in [2.24, 2.45) is 0 Å². The summed E-state index contributed by atoms with van der Waals surface area (Å²) in [6, 6.07) is 3.64. The summed E-state index contributed by atoms with van der Waals surface area (Å²) in [6.45, 7) is 2.97. The van der Waals surface area contributed by atoms with E-state index >= 15 is 0 Å². The van der Waals surface area contributed by atoms with E-state index in [1.54, 1.807) is 18.0 Å². The second-order valence-corrected chi connectivity index (χ2v) is 6.12. The van der Waals surface area contributed by atoms with Crippen molar-refractivity contribution in [3.05, 3.63) is 20.8 Å². The number of Topliss-reactive ketones (excluding diaryl/α,β-unsaturated/α-hetero) is 1. The lowest BCUT2D eigenvalue weighted by Crippen LogP contribution is -2.37. The number of thiophene rings is 1. The molecule has 1 aromatic rings. The van der Waals surface area contributed by atoms with E-state index in [4.69, 9.17) is 0 Å². The Bertz CT molecular complexity index is 406. The van der Waals surface area contributed by atoms with Crippen molar-refractivity contribution in [2.45, 2.75) is 6.92 Å². The van der Waals surface area contributed by atoms with E-state index in [1.807, 2.05) is 13.0 Å². The average molecular weight is 319 g/mol. The zero-order valence-electron chi connectivity index (χ0n) is 9.83. The molecule has 0 aliphatic heterocycles. The third-order valence-corrected chi connectivity index (χ3v) is 3.71. The molecule has 0 bridgehead atoms. The first-order valence-electron chi connectivity index (χ1n) is 5.26. The molecule has 4 nitrogen and oxygen atoms in total. The fourth-order valence-electron chi connectivity index (χ4n) is 1.34. The summed E-state index contributed by atoms with van der Waals surface area (Å²) >= 11 is 4.72. The van der Waals surface area contributed by atoms with Gasteiger partial charge < -0.3 is 5.32 Å². The van der Waals surface area contributed by atoms with Crippen LogP contribution in [0, 0.1) is 0 Å². The molecule has 0 aliphatic rings. The first-order valence-corrected chi connectivity index (χ1v) is 6.87. The molecule has 0 aliphatic carbocycles. The van der Waals surface area contributed by atoms with Gasteiger partial charge in [-0.25, -0.2) is 0 Å². The van der Waals surface area contributed by atoms with Gasteiger partial charge in [-0.15, -0.1) is 11.3 Å². The number of nitrogens with one attached hydrogen (secondary N) is 1. The number of hydrogen-bond acceptors (Lipinski definition) is 4. The minimum Gasteiger partial charge on any atom is -0.355 e. The van der Waals surface area contributed by atoms with Crippen LogP contribution in [0.2, 0.25) is 0 Å². The number of hydrogen-bond donors (Lipinski definition) is 1. The van der Waals surface area contributed by atoms with Gasteiger partial charge >= 0.3 is 0 Å². The van der Waals surface area contributed by atoms with Crippen molar-refractivity contribution in [1.82, 2.24) is 10.2 Å². The third kappa shape index (κ3) is 4.97. The monoisotopic (exact) mass is 318 g/mol. The van der Waals surface area contributed by atoms with Crippen LogP contribution in [0.5, 0.6) is 0 Å². The summed E-state index contributed by atoms with van der Waals surface area (Å²) in [6.07, 6.45) is 0. The molecule has 94 valence electrons. The minimum absolute atomic E-state index is 0.0347. The van der Waals surface area contributed by atoms with Gasteiger partial charge in [0.25, 0.3) is 0 Å². The van der Waals surface area contributed by atoms with Crippen molar-refractivity contribution in [1.29, 1.82) is 0 Å². The lowest BCUT2D eigenvalue weighted by Gasteiger charge is -2.14. The summed E-state index contributed by atoms with van der Waals surface area (Å²) in [5.41, 5.74) is 0. The molecule has 0 spiro atoms. The average Bonchev–Trinajstić information content (AvgIpc) is 2.64. The standard InChI is InChI=1S/C11H15BrN2O2S/c1-3-13-11(16)7-14(2)6-8(15)9-4-5-10(12)17-9/h4-5H,3,6-7H2,1-2H3,(H,13,16). The molecule has 0 fully saturated rings. The summed E-state index contributed by atoms with van der Waals surface area (Å²) < 4.78 is 0.937. The Balaban J connectivity index is 2.43. The first-order chi connectivity index (χ1) is 8.02. The minimum atomic E-state index is -0.0600. The third-order valence-electron chi connectivity index (χ3n) is 2.05. The van der Waals surface area contributed by atoms with Crippen LogP contribution in [0.25, 0.3) is 0 Å². The van der Waals surface area contributed by atoms with Gasteiger partial charge in [0.05, 0.1) is 21.8 Å². The van der Waals surface area contributed by atoms with Crippen molar-refractivity contribution in [2.75, 3.05) is 26.7 Å². The maximum absolute atomic E-state index is 11.8. The Morgan fingerprint density at radius 2 is 2.12 bits per heavy atom. The zero-order valence-corrected chi connectivity index (χ0v) is 12.2. The van der Waals surface area contributed by atoms with E-state index in [0.717, 1.165) is 3.79 Å². The van der Waals surface area contributed by atoms with Gasteiger partial charge in [-0.2, -0.15) is 0 Å². The number of halogens is 1. The smallest absolute Gasteiger partial charge is 0.234 e. The van der Waals surface area contributed by atoms with Gasteiger partial charge in [0.1, 0.15) is 0 Å². The molecule has 6 heteroatoms. The molecule has 1 aromatic heterocycles. The van der Waals surface area contributed by atoms with E-state index in [0.29, 0.717) is 11.4 Å². The van der Waals surface area contributed by atoms with Gasteiger partial charge in [0.15, 0.2) is 5.78 Å². The van der Waals surface area contributed by atoms with Crippen LogP contribution in [0.1, 0.15) is 16.6 Å². The predicted molar refractivity (Wildman–Crippen MR) is 72.5 cm³/mol. The SMILES string of the molecule is CCNC(=O)CN(C)CC(=O)c1ccc(Br)s1. The maximum Gasteiger partial charge on any atom is 0.234 e. The summed E-state index contributed by atoms with van der Waals surface area (Å²) in [7, 11) is 1.76. The lowest BCUT2D eigenvalue weighted by molar-refractivity contribution is -0.121. The number of nitrogens with zero attached hydrogens (tertiary/aromatic N) is 1. The van der Waals surface area contributed by atoms with Gasteiger partial charge in [-0.3, -0.25) is 14.5 Å². The molecule has 0 saturated heterocycles. The highest BCUT2D eigenvalue weighted by molar-refractivity contribution is 9.11. The van der Waals surface area contributed by atoms with Crippen LogP contribution < -0.4 is 5.32 Å². The van der Waals surface area contributed by atoms with Gasteiger partial charge in [-0.1, -0.05) is 0 Å². The summed E-state index contributed by atoms with van der Waals surface area (Å²) in [5, 5.41) is 2.70. The molecule has 0 saturated carbocycles. The van der Waals surface area contributed by atoms with Crippen molar-refractivity contribution < 1.29 is 9.59 Å². The normalized spacial score (nSPS) is 10.6. The van der Waals surface area contributed by atoms with E-state index < -0.39 is 0 Å². The number of likely N-dealkylation sites (N-methyl/N-ethyl adjacent to an activating group) is 2. The van der Waals surface area contributed by atoms with Gasteiger partial charge in [0.2, 0.25) is 5.91 Å². The van der Waals surface area contributed by atoms with Crippen LogP contribution in [-0.2, 0) is 4.79 Å². The van der Waals surface area contributed by atoms with Crippen LogP contribution >= 0.6 is 27.3 Å². The van der Waals surface area contributed by atoms with Crippen molar-refractivity contribution in [3.63, 3.8) is 0 Å². The lowest BCUT2D eigenvalue weighted by atomic mass is 10.3. The van der Waals surface area contributed by atoms with Crippen LogP contribution in [0.15, 0.2) is 15.9 Å². The van der Waals surface area contributed by atoms with Crippen molar-refractivity contribution >= 4 is 39.0 Å². The Morgan fingerprint density at radius 3 is 2.65 bits per heavy atom. The molecular formula is C11H15BrN2O2S. The maximum atomic E-state index is 11.8. The molecule has 0 radical (unpaired) electrons. The summed E-state index contributed by atoms with van der Waals surface area (Å²) in [5.74, 6) is -0.0253. The Kier molecular flexibility index (Phi) is 5.80. The van der Waals surface area contributed by atoms with Gasteiger partial charge in [-0.05, 0) is 42.0 Å². The molecule has 0 unspecified atom stereocenters. The van der Waals surface area contributed by atoms with Crippen LogP contribution in [0.4, 0.5) is 0 Å². The molecule has 17 heavy (non-hydrogen) atoms. The number of carbonyl (C=O) groups is 2. The largest absolute Gasteiger partial charge is 0.355 e. The van der Waals surface area contributed by atoms with Crippen molar-refractivity contribution in [3.8, 4) is 0 Å². The molecule has 0 aromatic carbocycles.